The minimum absolute atomic E-state index is 0.154. The molecule has 0 heterocycles. The van der Waals surface area contributed by atoms with Crippen LogP contribution >= 0.6 is 0 Å². The van der Waals surface area contributed by atoms with Crippen molar-refractivity contribution < 1.29 is 9.53 Å². The molecule has 1 aliphatic carbocycles. The molecule has 80 valence electrons. The summed E-state index contributed by atoms with van der Waals surface area (Å²) in [6.07, 6.45) is 3.58. The van der Waals surface area contributed by atoms with Gasteiger partial charge in [-0.05, 0) is 24.8 Å². The maximum absolute atomic E-state index is 11.5. The number of rotatable bonds is 3. The second-order valence-corrected chi connectivity index (χ2v) is 4.00. The molecular weight excluding hydrogens is 188 g/mol. The van der Waals surface area contributed by atoms with E-state index in [0.29, 0.717) is 13.0 Å². The van der Waals surface area contributed by atoms with Gasteiger partial charge in [0.2, 0.25) is 0 Å². The normalized spacial score (nSPS) is 21.6. The van der Waals surface area contributed by atoms with E-state index in [0.717, 1.165) is 24.8 Å². The van der Waals surface area contributed by atoms with Crippen molar-refractivity contribution in [1.82, 2.24) is 0 Å². The Morgan fingerprint density at radius 2 is 2.00 bits per heavy atom. The molecule has 0 saturated heterocycles. The molecular formula is C13H16O2. The van der Waals surface area contributed by atoms with Gasteiger partial charge in [-0.2, -0.15) is 0 Å². The van der Waals surface area contributed by atoms with Gasteiger partial charge in [0.1, 0.15) is 6.10 Å². The molecule has 0 unspecified atom stereocenters. The molecule has 15 heavy (non-hydrogen) atoms. The van der Waals surface area contributed by atoms with Crippen molar-refractivity contribution >= 4 is 5.78 Å². The number of benzene rings is 1. The lowest BCUT2D eigenvalue weighted by Gasteiger charge is -2.20. The molecule has 0 spiro atoms. The zero-order valence-corrected chi connectivity index (χ0v) is 8.82. The van der Waals surface area contributed by atoms with E-state index < -0.39 is 0 Å². The van der Waals surface area contributed by atoms with Crippen molar-refractivity contribution in [3.63, 3.8) is 0 Å². The summed E-state index contributed by atoms with van der Waals surface area (Å²) in [7, 11) is 0. The first-order valence-electron chi connectivity index (χ1n) is 5.54. The van der Waals surface area contributed by atoms with Gasteiger partial charge in [-0.25, -0.2) is 0 Å². The fraction of sp³-hybridized carbons (Fsp3) is 0.462. The van der Waals surface area contributed by atoms with E-state index in [4.69, 9.17) is 4.74 Å². The molecule has 1 aromatic carbocycles. The van der Waals surface area contributed by atoms with Gasteiger partial charge in [-0.3, -0.25) is 4.79 Å². The number of hydrogen-bond acceptors (Lipinski definition) is 2. The summed E-state index contributed by atoms with van der Waals surface area (Å²) in [6, 6.07) is 10.00. The summed E-state index contributed by atoms with van der Waals surface area (Å²) in [5, 5.41) is 0. The minimum atomic E-state index is -0.154. The molecule has 0 N–H and O–H groups in total. The Morgan fingerprint density at radius 3 is 2.73 bits per heavy atom. The van der Waals surface area contributed by atoms with Crippen molar-refractivity contribution in [1.29, 1.82) is 0 Å². The maximum Gasteiger partial charge on any atom is 0.161 e. The first-order valence-corrected chi connectivity index (χ1v) is 5.54. The van der Waals surface area contributed by atoms with Crippen LogP contribution in [0.1, 0.15) is 31.2 Å². The van der Waals surface area contributed by atoms with Gasteiger partial charge in [-0.1, -0.05) is 30.3 Å². The average molecular weight is 204 g/mol. The summed E-state index contributed by atoms with van der Waals surface area (Å²) in [4.78, 5) is 11.5. The van der Waals surface area contributed by atoms with Gasteiger partial charge in [-0.15, -0.1) is 0 Å². The Morgan fingerprint density at radius 1 is 1.20 bits per heavy atom. The molecule has 0 aromatic heterocycles. The number of carbonyl (C=O) groups excluding carboxylic acids is 1. The standard InChI is InChI=1S/C13H16O2/c14-12-8-4-5-9-13(12)15-10-11-6-2-1-3-7-11/h1-3,6-7,13H,4-5,8-10H2/t13-/m0/s1. The van der Waals surface area contributed by atoms with Crippen LogP contribution in [-0.4, -0.2) is 11.9 Å². The first-order chi connectivity index (χ1) is 7.36. The Kier molecular flexibility index (Phi) is 3.51. The van der Waals surface area contributed by atoms with Crippen LogP contribution in [0.15, 0.2) is 30.3 Å². The second kappa shape index (κ2) is 5.08. The van der Waals surface area contributed by atoms with Crippen molar-refractivity contribution in [3.05, 3.63) is 35.9 Å². The Bertz CT molecular complexity index is 319. The molecule has 1 atom stereocenters. The number of ketones is 1. The van der Waals surface area contributed by atoms with Crippen LogP contribution in [0.4, 0.5) is 0 Å². The average Bonchev–Trinajstić information content (AvgIpc) is 2.29. The summed E-state index contributed by atoms with van der Waals surface area (Å²) in [5.41, 5.74) is 1.14. The van der Waals surface area contributed by atoms with Gasteiger partial charge < -0.3 is 4.74 Å². The predicted octanol–water partition coefficient (Wildman–Crippen LogP) is 2.71. The third-order valence-electron chi connectivity index (χ3n) is 2.79. The predicted molar refractivity (Wildman–Crippen MR) is 58.5 cm³/mol. The van der Waals surface area contributed by atoms with Crippen LogP contribution in [0, 0.1) is 0 Å². The van der Waals surface area contributed by atoms with Crippen molar-refractivity contribution in [2.75, 3.05) is 0 Å². The van der Waals surface area contributed by atoms with E-state index in [-0.39, 0.29) is 11.9 Å². The van der Waals surface area contributed by atoms with Gasteiger partial charge in [0.05, 0.1) is 6.61 Å². The highest BCUT2D eigenvalue weighted by atomic mass is 16.5. The smallest absolute Gasteiger partial charge is 0.161 e. The monoisotopic (exact) mass is 204 g/mol. The number of carbonyl (C=O) groups is 1. The molecule has 0 aliphatic heterocycles. The highest BCUT2D eigenvalue weighted by Gasteiger charge is 2.22. The Hall–Kier alpha value is -1.15. The van der Waals surface area contributed by atoms with Crippen LogP contribution in [-0.2, 0) is 16.1 Å². The van der Waals surface area contributed by atoms with Crippen LogP contribution in [0.3, 0.4) is 0 Å². The van der Waals surface area contributed by atoms with E-state index in [1.165, 1.54) is 0 Å². The van der Waals surface area contributed by atoms with E-state index in [2.05, 4.69) is 0 Å². The fourth-order valence-electron chi connectivity index (χ4n) is 1.90. The third kappa shape index (κ3) is 2.90. The summed E-state index contributed by atoms with van der Waals surface area (Å²) in [6.45, 7) is 0.553. The number of ether oxygens (including phenoxy) is 1. The van der Waals surface area contributed by atoms with E-state index >= 15 is 0 Å². The molecule has 0 radical (unpaired) electrons. The molecule has 0 bridgehead atoms. The molecule has 1 saturated carbocycles. The van der Waals surface area contributed by atoms with Gasteiger partial charge in [0.25, 0.3) is 0 Å². The molecule has 2 heteroatoms. The maximum atomic E-state index is 11.5. The zero-order chi connectivity index (χ0) is 10.5. The zero-order valence-electron chi connectivity index (χ0n) is 8.82. The second-order valence-electron chi connectivity index (χ2n) is 4.00. The Balaban J connectivity index is 1.85. The molecule has 0 amide bonds. The van der Waals surface area contributed by atoms with Crippen LogP contribution < -0.4 is 0 Å². The summed E-state index contributed by atoms with van der Waals surface area (Å²) < 4.78 is 5.63. The minimum Gasteiger partial charge on any atom is -0.366 e. The molecule has 1 aliphatic rings. The summed E-state index contributed by atoms with van der Waals surface area (Å²) >= 11 is 0. The van der Waals surface area contributed by atoms with Crippen molar-refractivity contribution in [3.8, 4) is 0 Å². The van der Waals surface area contributed by atoms with Gasteiger partial charge in [0.15, 0.2) is 5.78 Å². The lowest BCUT2D eigenvalue weighted by Crippen LogP contribution is -2.27. The van der Waals surface area contributed by atoms with Crippen LogP contribution in [0.25, 0.3) is 0 Å². The van der Waals surface area contributed by atoms with Gasteiger partial charge in [0, 0.05) is 6.42 Å². The number of hydrogen-bond donors (Lipinski definition) is 0. The largest absolute Gasteiger partial charge is 0.366 e. The molecule has 2 rings (SSSR count). The van der Waals surface area contributed by atoms with Crippen molar-refractivity contribution in [2.24, 2.45) is 0 Å². The highest BCUT2D eigenvalue weighted by Crippen LogP contribution is 2.18. The van der Waals surface area contributed by atoms with Crippen LogP contribution in [0.2, 0.25) is 0 Å². The topological polar surface area (TPSA) is 26.3 Å². The SMILES string of the molecule is O=C1CCCC[C@@H]1OCc1ccccc1. The molecule has 2 nitrogen and oxygen atoms in total. The number of Topliss-reactive ketones (excluding diaryl/α,β-unsaturated/α-hetero) is 1. The van der Waals surface area contributed by atoms with E-state index in [1.807, 2.05) is 30.3 Å². The van der Waals surface area contributed by atoms with Gasteiger partial charge >= 0.3 is 0 Å². The third-order valence-corrected chi connectivity index (χ3v) is 2.79. The lowest BCUT2D eigenvalue weighted by molar-refractivity contribution is -0.134. The highest BCUT2D eigenvalue weighted by molar-refractivity contribution is 5.83. The van der Waals surface area contributed by atoms with Crippen LogP contribution in [0.5, 0.6) is 0 Å². The summed E-state index contributed by atoms with van der Waals surface area (Å²) in [5.74, 6) is 0.275. The quantitative estimate of drug-likeness (QED) is 0.756. The lowest BCUT2D eigenvalue weighted by atomic mass is 9.96. The molecule has 1 fully saturated rings. The molecule has 1 aromatic rings. The van der Waals surface area contributed by atoms with E-state index in [9.17, 15) is 4.79 Å². The first kappa shape index (κ1) is 10.4. The van der Waals surface area contributed by atoms with Crippen molar-refractivity contribution in [2.45, 2.75) is 38.4 Å². The Labute approximate surface area is 90.3 Å². The fourth-order valence-corrected chi connectivity index (χ4v) is 1.90. The van der Waals surface area contributed by atoms with E-state index in [1.54, 1.807) is 0 Å².